The van der Waals surface area contributed by atoms with E-state index >= 15 is 0 Å². The Morgan fingerprint density at radius 1 is 1.35 bits per heavy atom. The van der Waals surface area contributed by atoms with E-state index in [2.05, 4.69) is 27.3 Å². The predicted molar refractivity (Wildman–Crippen MR) is 97.7 cm³/mol. The third-order valence-corrected chi connectivity index (χ3v) is 5.15. The van der Waals surface area contributed by atoms with Gasteiger partial charge in [0.05, 0.1) is 12.2 Å². The number of aromatic nitrogens is 2. The van der Waals surface area contributed by atoms with Crippen molar-refractivity contribution in [2.75, 3.05) is 31.1 Å². The van der Waals surface area contributed by atoms with Crippen LogP contribution in [-0.4, -0.2) is 42.5 Å². The summed E-state index contributed by atoms with van der Waals surface area (Å²) < 4.78 is 25.1. The quantitative estimate of drug-likeness (QED) is 0.844. The van der Waals surface area contributed by atoms with Gasteiger partial charge >= 0.3 is 5.76 Å². The second kappa shape index (κ2) is 7.67. The second-order valence-corrected chi connectivity index (χ2v) is 6.59. The first kappa shape index (κ1) is 18.7. The van der Waals surface area contributed by atoms with E-state index in [1.165, 1.54) is 6.07 Å². The van der Waals surface area contributed by atoms with E-state index in [4.69, 9.17) is 9.15 Å². The van der Waals surface area contributed by atoms with E-state index in [1.54, 1.807) is 6.07 Å². The van der Waals surface area contributed by atoms with Crippen molar-refractivity contribution in [2.45, 2.75) is 25.8 Å². The summed E-state index contributed by atoms with van der Waals surface area (Å²) in [4.78, 5) is 13.4. The molecule has 2 aliphatic heterocycles. The summed E-state index contributed by atoms with van der Waals surface area (Å²) in [6.45, 7) is 5.37. The Morgan fingerprint density at radius 3 is 2.81 bits per heavy atom. The van der Waals surface area contributed by atoms with E-state index in [0.29, 0.717) is 30.3 Å². The van der Waals surface area contributed by atoms with E-state index in [-0.39, 0.29) is 30.1 Å². The highest BCUT2D eigenvalue weighted by Crippen LogP contribution is 2.40. The Bertz CT molecular complexity index is 819. The van der Waals surface area contributed by atoms with E-state index in [0.717, 1.165) is 25.9 Å². The number of halogens is 2. The fraction of sp³-hybridized carbons (Fsp3) is 0.529. The Kier molecular flexibility index (Phi) is 5.52. The fourth-order valence-corrected chi connectivity index (χ4v) is 3.78. The molecule has 1 saturated heterocycles. The molecule has 26 heavy (non-hydrogen) atoms. The fourth-order valence-electron chi connectivity index (χ4n) is 3.78. The summed E-state index contributed by atoms with van der Waals surface area (Å²) in [7, 11) is 0. The minimum atomic E-state index is -0.663. The lowest BCUT2D eigenvalue weighted by atomic mass is 9.89. The highest BCUT2D eigenvalue weighted by atomic mass is 35.5. The van der Waals surface area contributed by atoms with Crippen LogP contribution in [0.1, 0.15) is 19.8 Å². The van der Waals surface area contributed by atoms with Crippen LogP contribution in [0.15, 0.2) is 21.3 Å². The monoisotopic (exact) mass is 384 g/mol. The molecule has 0 saturated carbocycles. The molecule has 0 amide bonds. The molecule has 7 nitrogen and oxygen atoms in total. The van der Waals surface area contributed by atoms with E-state index in [9.17, 15) is 9.18 Å². The molecule has 4 rings (SSSR count). The highest BCUT2D eigenvalue weighted by Gasteiger charge is 2.31. The van der Waals surface area contributed by atoms with Crippen molar-refractivity contribution < 1.29 is 13.5 Å². The molecule has 0 bridgehead atoms. The van der Waals surface area contributed by atoms with Crippen LogP contribution in [0.3, 0.4) is 0 Å². The van der Waals surface area contributed by atoms with Crippen LogP contribution >= 0.6 is 12.4 Å². The summed E-state index contributed by atoms with van der Waals surface area (Å²) in [6.07, 6.45) is 2.20. The number of fused-ring (bicyclic) bond motifs is 1. The van der Waals surface area contributed by atoms with Crippen molar-refractivity contribution >= 4 is 18.1 Å². The second-order valence-electron chi connectivity index (χ2n) is 6.59. The number of benzene rings is 1. The van der Waals surface area contributed by atoms with Crippen LogP contribution in [0.25, 0.3) is 11.5 Å². The molecular weight excluding hydrogens is 363 g/mol. The SMILES string of the molecule is CC(C1CCNCC1)N1CCOc2c(F)cc(-c3n[nH]c(=O)o3)cc21.Cl. The number of ether oxygens (including phenoxy) is 1. The molecule has 1 aromatic carbocycles. The lowest BCUT2D eigenvalue weighted by Gasteiger charge is -2.41. The maximum atomic E-state index is 14.6. The van der Waals surface area contributed by atoms with Crippen LogP contribution < -0.4 is 20.7 Å². The molecule has 1 unspecified atom stereocenters. The molecule has 2 N–H and O–H groups in total. The van der Waals surface area contributed by atoms with Gasteiger partial charge in [-0.1, -0.05) is 0 Å². The van der Waals surface area contributed by atoms with Crippen LogP contribution in [0.4, 0.5) is 10.1 Å². The lowest BCUT2D eigenvalue weighted by Crippen LogP contribution is -2.46. The van der Waals surface area contributed by atoms with Gasteiger partial charge in [0.1, 0.15) is 6.61 Å². The van der Waals surface area contributed by atoms with Crippen LogP contribution in [0, 0.1) is 11.7 Å². The topological polar surface area (TPSA) is 83.4 Å². The van der Waals surface area contributed by atoms with Gasteiger partial charge in [-0.05, 0) is 50.9 Å². The van der Waals surface area contributed by atoms with Gasteiger partial charge in [0.25, 0.3) is 0 Å². The average Bonchev–Trinajstić information content (AvgIpc) is 3.08. The summed E-state index contributed by atoms with van der Waals surface area (Å²) in [5, 5.41) is 9.38. The summed E-state index contributed by atoms with van der Waals surface area (Å²) in [5.41, 5.74) is 1.11. The van der Waals surface area contributed by atoms with Crippen molar-refractivity contribution in [1.82, 2.24) is 15.5 Å². The number of rotatable bonds is 3. The molecule has 3 heterocycles. The molecule has 142 valence electrons. The standard InChI is InChI=1S/C17H21FN4O3.ClH/c1-10(11-2-4-19-5-3-11)22-6-7-24-15-13(18)8-12(9-14(15)22)16-20-21-17(23)25-16;/h8-11,19H,2-7H2,1H3,(H,21,23);1H. The van der Waals surface area contributed by atoms with Crippen molar-refractivity contribution in [3.63, 3.8) is 0 Å². The third-order valence-electron chi connectivity index (χ3n) is 5.15. The van der Waals surface area contributed by atoms with Crippen molar-refractivity contribution in [3.8, 4) is 17.2 Å². The summed E-state index contributed by atoms with van der Waals surface area (Å²) in [5.74, 6) is -0.257. The maximum absolute atomic E-state index is 14.6. The van der Waals surface area contributed by atoms with Gasteiger partial charge in [-0.25, -0.2) is 14.3 Å². The van der Waals surface area contributed by atoms with E-state index in [1.807, 2.05) is 0 Å². The molecular formula is C17H22ClFN4O3. The Morgan fingerprint density at radius 2 is 2.12 bits per heavy atom. The summed E-state index contributed by atoms with van der Waals surface area (Å²) in [6, 6.07) is 3.34. The zero-order valence-corrected chi connectivity index (χ0v) is 15.3. The average molecular weight is 385 g/mol. The number of hydrogen-bond donors (Lipinski definition) is 2. The number of anilines is 1. The van der Waals surface area contributed by atoms with Gasteiger partial charge in [0, 0.05) is 11.6 Å². The maximum Gasteiger partial charge on any atom is 0.434 e. The zero-order chi connectivity index (χ0) is 17.4. The first-order chi connectivity index (χ1) is 12.1. The normalized spacial score (nSPS) is 18.6. The van der Waals surface area contributed by atoms with Gasteiger partial charge < -0.3 is 19.4 Å². The molecule has 1 fully saturated rings. The number of aromatic amines is 1. The minimum absolute atomic E-state index is 0. The molecule has 0 radical (unpaired) electrons. The first-order valence-electron chi connectivity index (χ1n) is 8.63. The lowest BCUT2D eigenvalue weighted by molar-refractivity contribution is 0.261. The van der Waals surface area contributed by atoms with Crippen molar-refractivity contribution in [2.24, 2.45) is 5.92 Å². The molecule has 1 atom stereocenters. The van der Waals surface area contributed by atoms with Crippen molar-refractivity contribution in [3.05, 3.63) is 28.5 Å². The van der Waals surface area contributed by atoms with Crippen molar-refractivity contribution in [1.29, 1.82) is 0 Å². The molecule has 2 aliphatic rings. The molecule has 9 heteroatoms. The van der Waals surface area contributed by atoms with Gasteiger partial charge in [-0.2, -0.15) is 0 Å². The number of nitrogens with zero attached hydrogens (tertiary/aromatic N) is 2. The van der Waals surface area contributed by atoms with Gasteiger partial charge in [0.2, 0.25) is 5.89 Å². The summed E-state index contributed by atoms with van der Waals surface area (Å²) >= 11 is 0. The molecule has 2 aromatic rings. The minimum Gasteiger partial charge on any atom is -0.486 e. The Labute approximate surface area is 156 Å². The van der Waals surface area contributed by atoms with Gasteiger partial charge in [-0.15, -0.1) is 17.5 Å². The predicted octanol–water partition coefficient (Wildman–Crippen LogP) is 2.18. The number of hydrogen-bond acceptors (Lipinski definition) is 6. The van der Waals surface area contributed by atoms with Gasteiger partial charge in [0.15, 0.2) is 11.6 Å². The smallest absolute Gasteiger partial charge is 0.434 e. The Hall–Kier alpha value is -2.06. The number of nitrogens with one attached hydrogen (secondary N) is 2. The Balaban J connectivity index is 0.00000196. The third kappa shape index (κ3) is 3.43. The van der Waals surface area contributed by atoms with Gasteiger partial charge in [-0.3, -0.25) is 0 Å². The number of H-pyrrole nitrogens is 1. The van der Waals surface area contributed by atoms with Crippen LogP contribution in [-0.2, 0) is 0 Å². The van der Waals surface area contributed by atoms with E-state index < -0.39 is 11.6 Å². The first-order valence-corrected chi connectivity index (χ1v) is 8.63. The zero-order valence-electron chi connectivity index (χ0n) is 14.5. The molecule has 1 aromatic heterocycles. The largest absolute Gasteiger partial charge is 0.486 e. The van der Waals surface area contributed by atoms with Crippen LogP contribution in [0.2, 0.25) is 0 Å². The highest BCUT2D eigenvalue weighted by molar-refractivity contribution is 5.85. The number of piperidine rings is 1. The molecule has 0 aliphatic carbocycles. The van der Waals surface area contributed by atoms with Crippen LogP contribution in [0.5, 0.6) is 5.75 Å². The molecule has 0 spiro atoms.